The molecule has 0 saturated heterocycles. The summed E-state index contributed by atoms with van der Waals surface area (Å²) in [7, 11) is 0. The monoisotopic (exact) mass is 430 g/mol. The zero-order chi connectivity index (χ0) is 22.6. The molecule has 0 N–H and O–H groups in total. The van der Waals surface area contributed by atoms with Crippen molar-refractivity contribution in [2.75, 3.05) is 13.2 Å². The number of ether oxygens (including phenoxy) is 2. The summed E-state index contributed by atoms with van der Waals surface area (Å²) in [5.74, 6) is -0.802. The number of allylic oxidation sites excluding steroid dienone is 1. The van der Waals surface area contributed by atoms with Gasteiger partial charge in [0, 0.05) is 0 Å². The summed E-state index contributed by atoms with van der Waals surface area (Å²) in [5.41, 5.74) is 0.762. The number of hydrogen-bond donors (Lipinski definition) is 0. The van der Waals surface area contributed by atoms with Gasteiger partial charge in [-0.15, -0.1) is 6.58 Å². The summed E-state index contributed by atoms with van der Waals surface area (Å²) in [6, 6.07) is 6.54. The van der Waals surface area contributed by atoms with E-state index >= 15 is 0 Å². The first-order valence-corrected chi connectivity index (χ1v) is 12.2. The molecule has 0 fully saturated rings. The molecule has 0 heterocycles. The fraction of sp³-hybridized carbons (Fsp3) is 0.630. The van der Waals surface area contributed by atoms with Crippen molar-refractivity contribution >= 4 is 11.9 Å². The largest absolute Gasteiger partial charge is 0.462 e. The topological polar surface area (TPSA) is 52.6 Å². The van der Waals surface area contributed by atoms with Crippen LogP contribution in [0.15, 0.2) is 36.9 Å². The van der Waals surface area contributed by atoms with Crippen molar-refractivity contribution < 1.29 is 19.1 Å². The normalized spacial score (nSPS) is 10.6. The van der Waals surface area contributed by atoms with E-state index in [-0.39, 0.29) is 5.97 Å². The minimum absolute atomic E-state index is 0.346. The van der Waals surface area contributed by atoms with Crippen molar-refractivity contribution in [3.8, 4) is 0 Å². The van der Waals surface area contributed by atoms with Gasteiger partial charge in [-0.25, -0.2) is 9.59 Å². The van der Waals surface area contributed by atoms with Gasteiger partial charge in [-0.1, -0.05) is 89.7 Å². The first kappa shape index (κ1) is 26.9. The predicted molar refractivity (Wildman–Crippen MR) is 128 cm³/mol. The number of benzene rings is 1. The number of rotatable bonds is 19. The molecular formula is C27H42O4. The molecule has 0 unspecified atom stereocenters. The van der Waals surface area contributed by atoms with Gasteiger partial charge in [-0.3, -0.25) is 0 Å². The number of hydrogen-bond acceptors (Lipinski definition) is 4. The maximum Gasteiger partial charge on any atom is 0.338 e. The smallest absolute Gasteiger partial charge is 0.338 e. The van der Waals surface area contributed by atoms with Crippen LogP contribution in [-0.4, -0.2) is 25.2 Å². The molecule has 1 aromatic rings. The van der Waals surface area contributed by atoms with E-state index in [1.54, 1.807) is 30.3 Å². The Morgan fingerprint density at radius 1 is 0.742 bits per heavy atom. The first-order valence-electron chi connectivity index (χ1n) is 12.2. The lowest BCUT2D eigenvalue weighted by Gasteiger charge is -2.07. The molecule has 0 aromatic heterocycles. The van der Waals surface area contributed by atoms with E-state index in [1.165, 1.54) is 64.2 Å². The van der Waals surface area contributed by atoms with Gasteiger partial charge in [-0.2, -0.15) is 0 Å². The first-order chi connectivity index (χ1) is 15.2. The molecule has 0 bridgehead atoms. The number of unbranched alkanes of at least 4 members (excludes halogenated alkanes) is 12. The highest BCUT2D eigenvalue weighted by Crippen LogP contribution is 2.13. The highest BCUT2D eigenvalue weighted by Gasteiger charge is 2.12. The zero-order valence-electron chi connectivity index (χ0n) is 19.5. The van der Waals surface area contributed by atoms with Crippen LogP contribution in [0.25, 0.3) is 0 Å². The highest BCUT2D eigenvalue weighted by atomic mass is 16.5. The molecule has 0 saturated carbocycles. The van der Waals surface area contributed by atoms with Crippen LogP contribution >= 0.6 is 0 Å². The maximum atomic E-state index is 12.2. The van der Waals surface area contributed by atoms with Crippen molar-refractivity contribution in [1.29, 1.82) is 0 Å². The second-order valence-corrected chi connectivity index (χ2v) is 8.17. The molecule has 1 rings (SSSR count). The Labute approximate surface area is 189 Å². The van der Waals surface area contributed by atoms with Crippen LogP contribution in [0, 0.1) is 0 Å². The molecule has 0 spiro atoms. The van der Waals surface area contributed by atoms with Gasteiger partial charge >= 0.3 is 11.9 Å². The molecule has 1 aromatic carbocycles. The fourth-order valence-corrected chi connectivity index (χ4v) is 3.44. The number of carbonyl (C=O) groups excluding carboxylic acids is 2. The molecule has 174 valence electrons. The number of esters is 2. The van der Waals surface area contributed by atoms with Crippen molar-refractivity contribution in [3.05, 3.63) is 48.0 Å². The van der Waals surface area contributed by atoms with Crippen LogP contribution in [0.2, 0.25) is 0 Å². The molecule has 4 heteroatoms. The Kier molecular flexibility index (Phi) is 16.2. The summed E-state index contributed by atoms with van der Waals surface area (Å²) >= 11 is 0. The van der Waals surface area contributed by atoms with Gasteiger partial charge in [0.05, 0.1) is 24.3 Å². The number of carbonyl (C=O) groups is 2. The third kappa shape index (κ3) is 13.7. The molecular weight excluding hydrogens is 388 g/mol. The van der Waals surface area contributed by atoms with Crippen LogP contribution in [0.1, 0.15) is 118 Å². The van der Waals surface area contributed by atoms with Crippen molar-refractivity contribution in [2.24, 2.45) is 0 Å². The van der Waals surface area contributed by atoms with Crippen LogP contribution in [0.3, 0.4) is 0 Å². The van der Waals surface area contributed by atoms with E-state index < -0.39 is 5.97 Å². The summed E-state index contributed by atoms with van der Waals surface area (Å²) in [5, 5.41) is 0. The van der Waals surface area contributed by atoms with Gasteiger partial charge in [0.15, 0.2) is 0 Å². The van der Waals surface area contributed by atoms with Gasteiger partial charge < -0.3 is 9.47 Å². The van der Waals surface area contributed by atoms with Gasteiger partial charge in [0.1, 0.15) is 0 Å². The van der Waals surface area contributed by atoms with E-state index in [0.29, 0.717) is 24.3 Å². The second kappa shape index (κ2) is 18.7. The Morgan fingerprint density at radius 2 is 1.19 bits per heavy atom. The van der Waals surface area contributed by atoms with Gasteiger partial charge in [-0.05, 0) is 37.5 Å². The molecule has 31 heavy (non-hydrogen) atoms. The summed E-state index contributed by atoms with van der Waals surface area (Å²) in [4.78, 5) is 24.3. The average Bonchev–Trinajstić information content (AvgIpc) is 2.79. The molecule has 0 aliphatic rings. The lowest BCUT2D eigenvalue weighted by atomic mass is 10.1. The molecule has 0 aliphatic carbocycles. The van der Waals surface area contributed by atoms with Crippen LogP contribution in [-0.2, 0) is 9.47 Å². The van der Waals surface area contributed by atoms with E-state index in [9.17, 15) is 9.59 Å². The molecule has 0 radical (unpaired) electrons. The third-order valence-electron chi connectivity index (χ3n) is 5.35. The minimum atomic E-state index is -0.417. The maximum absolute atomic E-state index is 12.2. The predicted octanol–water partition coefficient (Wildman–Crippen LogP) is 7.67. The quantitative estimate of drug-likeness (QED) is 0.128. The Bertz CT molecular complexity index is 623. The highest BCUT2D eigenvalue weighted by molar-refractivity contribution is 5.95. The van der Waals surface area contributed by atoms with Crippen LogP contribution in [0.5, 0.6) is 0 Å². The molecule has 0 atom stereocenters. The standard InChI is InChI=1S/C27H42O4/c1-3-5-7-8-9-10-11-12-13-14-15-17-22-31-27(29)25-20-18-19-24(23-25)26(28)30-21-16-6-4-2/h4,18-20,23H,2-3,5-17,21-22H2,1H3. The van der Waals surface area contributed by atoms with E-state index in [4.69, 9.17) is 9.47 Å². The Balaban J connectivity index is 2.10. The Morgan fingerprint density at radius 3 is 1.68 bits per heavy atom. The zero-order valence-corrected chi connectivity index (χ0v) is 19.5. The van der Waals surface area contributed by atoms with Gasteiger partial charge in [0.25, 0.3) is 0 Å². The minimum Gasteiger partial charge on any atom is -0.462 e. The van der Waals surface area contributed by atoms with Crippen molar-refractivity contribution in [3.63, 3.8) is 0 Å². The van der Waals surface area contributed by atoms with Crippen LogP contribution < -0.4 is 0 Å². The average molecular weight is 431 g/mol. The summed E-state index contributed by atoms with van der Waals surface area (Å²) in [6.07, 6.45) is 18.6. The summed E-state index contributed by atoms with van der Waals surface area (Å²) < 4.78 is 10.6. The van der Waals surface area contributed by atoms with E-state index in [2.05, 4.69) is 13.5 Å². The Hall–Kier alpha value is -2.10. The lowest BCUT2D eigenvalue weighted by molar-refractivity contribution is 0.0497. The molecule has 0 aliphatic heterocycles. The second-order valence-electron chi connectivity index (χ2n) is 8.17. The molecule has 4 nitrogen and oxygen atoms in total. The van der Waals surface area contributed by atoms with Gasteiger partial charge in [0.2, 0.25) is 0 Å². The van der Waals surface area contributed by atoms with Crippen molar-refractivity contribution in [1.82, 2.24) is 0 Å². The lowest BCUT2D eigenvalue weighted by Crippen LogP contribution is -2.10. The SMILES string of the molecule is C=CCCCOC(=O)c1cccc(C(=O)OCCCCCCCCCCCCCC)c1. The van der Waals surface area contributed by atoms with Crippen LogP contribution in [0.4, 0.5) is 0 Å². The third-order valence-corrected chi connectivity index (χ3v) is 5.35. The fourth-order valence-electron chi connectivity index (χ4n) is 3.44. The van der Waals surface area contributed by atoms with E-state index in [1.807, 2.05) is 0 Å². The summed E-state index contributed by atoms with van der Waals surface area (Å²) in [6.45, 7) is 6.66. The molecule has 0 amide bonds. The van der Waals surface area contributed by atoms with E-state index in [0.717, 1.165) is 25.7 Å². The van der Waals surface area contributed by atoms with Crippen molar-refractivity contribution in [2.45, 2.75) is 96.8 Å².